The molecule has 1 N–H and O–H groups in total. The van der Waals surface area contributed by atoms with Crippen LogP contribution >= 0.6 is 0 Å². The number of anilines is 1. The van der Waals surface area contributed by atoms with Crippen molar-refractivity contribution in [2.75, 3.05) is 18.1 Å². The van der Waals surface area contributed by atoms with Crippen LogP contribution in [-0.2, 0) is 22.7 Å². The Morgan fingerprint density at radius 2 is 1.75 bits per heavy atom. The summed E-state index contributed by atoms with van der Waals surface area (Å²) in [7, 11) is 0. The Balaban J connectivity index is 1.28. The first-order valence-corrected chi connectivity index (χ1v) is 10.7. The highest BCUT2D eigenvalue weighted by Crippen LogP contribution is 2.25. The third-order valence-corrected chi connectivity index (χ3v) is 5.26. The molecule has 6 heteroatoms. The summed E-state index contributed by atoms with van der Waals surface area (Å²) in [6, 6.07) is 24.9. The van der Waals surface area contributed by atoms with Crippen LogP contribution in [0.5, 0.6) is 11.5 Å². The fraction of sp³-hybridized carbons (Fsp3) is 0.231. The van der Waals surface area contributed by atoms with Crippen molar-refractivity contribution in [2.24, 2.45) is 0 Å². The van der Waals surface area contributed by atoms with Crippen LogP contribution in [0.15, 0.2) is 78.9 Å². The number of hydrogen-bond acceptors (Lipinski definition) is 4. The second kappa shape index (κ2) is 10.5. The van der Waals surface area contributed by atoms with Crippen LogP contribution < -0.4 is 19.7 Å². The lowest BCUT2D eigenvalue weighted by atomic mass is 10.2. The van der Waals surface area contributed by atoms with Gasteiger partial charge in [0.25, 0.3) is 5.91 Å². The number of para-hydroxylation sites is 1. The molecular formula is C26H26N2O4. The van der Waals surface area contributed by atoms with Gasteiger partial charge in [0, 0.05) is 36.8 Å². The van der Waals surface area contributed by atoms with Crippen LogP contribution in [0, 0.1) is 0 Å². The van der Waals surface area contributed by atoms with Gasteiger partial charge in [0.05, 0.1) is 0 Å². The van der Waals surface area contributed by atoms with E-state index >= 15 is 0 Å². The summed E-state index contributed by atoms with van der Waals surface area (Å²) < 4.78 is 11.6. The van der Waals surface area contributed by atoms with Crippen LogP contribution in [0.1, 0.15) is 24.0 Å². The van der Waals surface area contributed by atoms with Gasteiger partial charge in [-0.25, -0.2) is 0 Å². The van der Waals surface area contributed by atoms with Crippen molar-refractivity contribution in [3.8, 4) is 11.5 Å². The van der Waals surface area contributed by atoms with Crippen molar-refractivity contribution >= 4 is 17.5 Å². The summed E-state index contributed by atoms with van der Waals surface area (Å²) in [6.07, 6.45) is 1.44. The minimum Gasteiger partial charge on any atom is -0.489 e. The molecule has 164 valence electrons. The van der Waals surface area contributed by atoms with Gasteiger partial charge in [-0.2, -0.15) is 0 Å². The second-order valence-corrected chi connectivity index (χ2v) is 7.59. The lowest BCUT2D eigenvalue weighted by Crippen LogP contribution is -2.28. The molecule has 0 aliphatic carbocycles. The van der Waals surface area contributed by atoms with Gasteiger partial charge in [-0.15, -0.1) is 0 Å². The summed E-state index contributed by atoms with van der Waals surface area (Å²) in [5.74, 6) is 1.18. The van der Waals surface area contributed by atoms with E-state index in [4.69, 9.17) is 9.47 Å². The highest BCUT2D eigenvalue weighted by molar-refractivity contribution is 5.95. The van der Waals surface area contributed by atoms with E-state index in [1.165, 1.54) is 0 Å². The predicted molar refractivity (Wildman–Crippen MR) is 123 cm³/mol. The van der Waals surface area contributed by atoms with Gasteiger partial charge in [0.15, 0.2) is 6.61 Å². The SMILES string of the molecule is O=C(COc1cccc(N2CCCC2=O)c1)NCc1ccccc1OCc1ccccc1. The van der Waals surface area contributed by atoms with E-state index in [2.05, 4.69) is 5.32 Å². The van der Waals surface area contributed by atoms with E-state index in [1.807, 2.05) is 66.7 Å². The van der Waals surface area contributed by atoms with Crippen LogP contribution in [0.2, 0.25) is 0 Å². The van der Waals surface area contributed by atoms with Crippen molar-refractivity contribution in [3.05, 3.63) is 90.0 Å². The molecule has 1 heterocycles. The van der Waals surface area contributed by atoms with E-state index in [0.717, 1.165) is 29.0 Å². The lowest BCUT2D eigenvalue weighted by Gasteiger charge is -2.16. The summed E-state index contributed by atoms with van der Waals surface area (Å²) in [6.45, 7) is 1.42. The van der Waals surface area contributed by atoms with Crippen molar-refractivity contribution in [2.45, 2.75) is 26.0 Å². The van der Waals surface area contributed by atoms with Crippen LogP contribution in [0.25, 0.3) is 0 Å². The van der Waals surface area contributed by atoms with E-state index in [1.54, 1.807) is 17.0 Å². The Labute approximate surface area is 187 Å². The van der Waals surface area contributed by atoms with Crippen LogP contribution in [0.3, 0.4) is 0 Å². The van der Waals surface area contributed by atoms with Gasteiger partial charge in [-0.3, -0.25) is 9.59 Å². The average Bonchev–Trinajstić information content (AvgIpc) is 3.27. The number of ether oxygens (including phenoxy) is 2. The number of hydrogen-bond donors (Lipinski definition) is 1. The summed E-state index contributed by atoms with van der Waals surface area (Å²) >= 11 is 0. The first-order chi connectivity index (χ1) is 15.7. The largest absolute Gasteiger partial charge is 0.489 e. The molecule has 0 aromatic heterocycles. The summed E-state index contributed by atoms with van der Waals surface area (Å²) in [5.41, 5.74) is 2.78. The molecule has 2 amide bonds. The molecular weight excluding hydrogens is 404 g/mol. The molecule has 1 fully saturated rings. The van der Waals surface area contributed by atoms with E-state index < -0.39 is 0 Å². The standard InChI is InChI=1S/C26H26N2O4/c29-25(19-31-23-12-6-11-22(16-23)28-15-7-14-26(28)30)27-17-21-10-4-5-13-24(21)32-18-20-8-2-1-3-9-20/h1-6,8-13,16H,7,14-15,17-19H2,(H,27,29). The number of carbonyl (C=O) groups is 2. The normalized spacial score (nSPS) is 13.1. The summed E-state index contributed by atoms with van der Waals surface area (Å²) in [4.78, 5) is 26.0. The molecule has 1 aliphatic heterocycles. The monoisotopic (exact) mass is 430 g/mol. The lowest BCUT2D eigenvalue weighted by molar-refractivity contribution is -0.123. The molecule has 3 aromatic carbocycles. The second-order valence-electron chi connectivity index (χ2n) is 7.59. The molecule has 1 saturated heterocycles. The highest BCUT2D eigenvalue weighted by atomic mass is 16.5. The quantitative estimate of drug-likeness (QED) is 0.555. The van der Waals surface area contributed by atoms with Crippen molar-refractivity contribution in [3.63, 3.8) is 0 Å². The number of nitrogens with zero attached hydrogens (tertiary/aromatic N) is 1. The Morgan fingerprint density at radius 3 is 2.56 bits per heavy atom. The number of benzene rings is 3. The van der Waals surface area contributed by atoms with Gasteiger partial charge >= 0.3 is 0 Å². The average molecular weight is 431 g/mol. The van der Waals surface area contributed by atoms with Crippen LogP contribution in [0.4, 0.5) is 5.69 Å². The van der Waals surface area contributed by atoms with Gasteiger partial charge in [0.1, 0.15) is 18.1 Å². The molecule has 0 radical (unpaired) electrons. The maximum Gasteiger partial charge on any atom is 0.258 e. The van der Waals surface area contributed by atoms with Gasteiger partial charge in [0.2, 0.25) is 5.91 Å². The maximum atomic E-state index is 12.3. The minimum atomic E-state index is -0.231. The molecule has 3 aromatic rings. The molecule has 0 spiro atoms. The van der Waals surface area contributed by atoms with Gasteiger partial charge < -0.3 is 19.7 Å². The molecule has 6 nitrogen and oxygen atoms in total. The topological polar surface area (TPSA) is 67.9 Å². The third-order valence-electron chi connectivity index (χ3n) is 5.26. The first kappa shape index (κ1) is 21.4. The summed E-state index contributed by atoms with van der Waals surface area (Å²) in [5, 5.41) is 2.88. The highest BCUT2D eigenvalue weighted by Gasteiger charge is 2.21. The van der Waals surface area contributed by atoms with E-state index in [9.17, 15) is 9.59 Å². The van der Waals surface area contributed by atoms with Gasteiger partial charge in [-0.1, -0.05) is 54.6 Å². The fourth-order valence-corrected chi connectivity index (χ4v) is 3.58. The first-order valence-electron chi connectivity index (χ1n) is 10.7. The smallest absolute Gasteiger partial charge is 0.258 e. The number of rotatable bonds is 9. The fourth-order valence-electron chi connectivity index (χ4n) is 3.58. The molecule has 0 saturated carbocycles. The Hall–Kier alpha value is -3.80. The Bertz CT molecular complexity index is 1070. The minimum absolute atomic E-state index is 0.107. The van der Waals surface area contributed by atoms with E-state index in [0.29, 0.717) is 31.9 Å². The van der Waals surface area contributed by atoms with Gasteiger partial charge in [-0.05, 0) is 30.2 Å². The number of carbonyl (C=O) groups excluding carboxylic acids is 2. The molecule has 4 rings (SSSR count). The Morgan fingerprint density at radius 1 is 0.938 bits per heavy atom. The maximum absolute atomic E-state index is 12.3. The Kier molecular flexibility index (Phi) is 7.02. The zero-order valence-corrected chi connectivity index (χ0v) is 17.8. The zero-order valence-electron chi connectivity index (χ0n) is 17.8. The van der Waals surface area contributed by atoms with Crippen molar-refractivity contribution < 1.29 is 19.1 Å². The molecule has 0 unspecified atom stereocenters. The molecule has 0 atom stereocenters. The molecule has 32 heavy (non-hydrogen) atoms. The molecule has 1 aliphatic rings. The number of amides is 2. The van der Waals surface area contributed by atoms with Crippen LogP contribution in [-0.4, -0.2) is 25.0 Å². The predicted octanol–water partition coefficient (Wildman–Crippen LogP) is 4.09. The number of nitrogens with one attached hydrogen (secondary N) is 1. The van der Waals surface area contributed by atoms with E-state index in [-0.39, 0.29) is 18.4 Å². The zero-order chi connectivity index (χ0) is 22.2. The van der Waals surface area contributed by atoms with Crippen molar-refractivity contribution in [1.29, 1.82) is 0 Å². The third kappa shape index (κ3) is 5.66. The molecule has 0 bridgehead atoms. The van der Waals surface area contributed by atoms with Crippen molar-refractivity contribution in [1.82, 2.24) is 5.32 Å².